The standard InChI is InChI=1S/C17H26Cl2N4O2/c1-16(2,3)12-11(19)15(21-22(12)6)25-9-8-17(4,5)13-10(18)14(24)20-23(13)7/h8-9H2,1-7H3,(H,20,24). The monoisotopic (exact) mass is 388 g/mol. The topological polar surface area (TPSA) is 64.8 Å². The van der Waals surface area contributed by atoms with Gasteiger partial charge in [-0.2, -0.15) is 0 Å². The Balaban J connectivity index is 2.14. The van der Waals surface area contributed by atoms with E-state index in [0.717, 1.165) is 11.4 Å². The maximum Gasteiger partial charge on any atom is 0.283 e. The highest BCUT2D eigenvalue weighted by atomic mass is 35.5. The zero-order valence-corrected chi connectivity index (χ0v) is 17.3. The molecule has 2 aromatic heterocycles. The molecule has 0 aromatic carbocycles. The molecule has 0 unspecified atom stereocenters. The van der Waals surface area contributed by atoms with Crippen LogP contribution in [0.1, 0.15) is 52.4 Å². The molecule has 0 aliphatic carbocycles. The predicted molar refractivity (Wildman–Crippen MR) is 101 cm³/mol. The number of nitrogens with one attached hydrogen (secondary N) is 1. The molecule has 0 aliphatic rings. The fourth-order valence-electron chi connectivity index (χ4n) is 3.16. The van der Waals surface area contributed by atoms with Crippen molar-refractivity contribution < 1.29 is 4.74 Å². The van der Waals surface area contributed by atoms with Crippen molar-refractivity contribution in [3.63, 3.8) is 0 Å². The molecule has 2 aromatic rings. The third-order valence-corrected chi connectivity index (χ3v) is 4.98. The Kier molecular flexibility index (Phi) is 5.36. The summed E-state index contributed by atoms with van der Waals surface area (Å²) in [6, 6.07) is 0. The van der Waals surface area contributed by atoms with Gasteiger partial charge in [-0.25, -0.2) is 0 Å². The summed E-state index contributed by atoms with van der Waals surface area (Å²) in [5.41, 5.74) is 0.927. The van der Waals surface area contributed by atoms with E-state index >= 15 is 0 Å². The Labute approximate surface area is 158 Å². The lowest BCUT2D eigenvalue weighted by atomic mass is 9.86. The van der Waals surface area contributed by atoms with Crippen molar-refractivity contribution in [1.82, 2.24) is 19.6 Å². The molecule has 0 radical (unpaired) electrons. The van der Waals surface area contributed by atoms with Crippen LogP contribution in [0, 0.1) is 0 Å². The first-order chi connectivity index (χ1) is 11.4. The van der Waals surface area contributed by atoms with Gasteiger partial charge in [-0.1, -0.05) is 57.8 Å². The fraction of sp³-hybridized carbons (Fsp3) is 0.647. The molecule has 0 saturated heterocycles. The summed E-state index contributed by atoms with van der Waals surface area (Å²) in [4.78, 5) is 11.7. The van der Waals surface area contributed by atoms with E-state index in [9.17, 15) is 4.79 Å². The van der Waals surface area contributed by atoms with Crippen LogP contribution in [-0.4, -0.2) is 26.2 Å². The average Bonchev–Trinajstić information content (AvgIpc) is 2.85. The van der Waals surface area contributed by atoms with Crippen molar-refractivity contribution >= 4 is 23.2 Å². The van der Waals surface area contributed by atoms with Crippen LogP contribution in [0.15, 0.2) is 4.79 Å². The normalized spacial score (nSPS) is 12.7. The van der Waals surface area contributed by atoms with Gasteiger partial charge in [-0.05, 0) is 6.42 Å². The molecule has 0 amide bonds. The minimum Gasteiger partial charge on any atom is -0.476 e. The molecule has 140 valence electrons. The van der Waals surface area contributed by atoms with Crippen molar-refractivity contribution in [3.05, 3.63) is 31.8 Å². The second kappa shape index (κ2) is 6.72. The highest BCUT2D eigenvalue weighted by molar-refractivity contribution is 6.32. The minimum atomic E-state index is -0.348. The summed E-state index contributed by atoms with van der Waals surface area (Å²) in [6.45, 7) is 10.7. The molecule has 25 heavy (non-hydrogen) atoms. The molecule has 2 heterocycles. The first-order valence-corrected chi connectivity index (χ1v) is 8.92. The van der Waals surface area contributed by atoms with Crippen LogP contribution in [0.25, 0.3) is 0 Å². The zero-order chi connectivity index (χ0) is 19.2. The number of ether oxygens (including phenoxy) is 1. The van der Waals surface area contributed by atoms with Crippen molar-refractivity contribution in [2.75, 3.05) is 6.61 Å². The molecule has 8 heteroatoms. The molecule has 6 nitrogen and oxygen atoms in total. The summed E-state index contributed by atoms with van der Waals surface area (Å²) in [5, 5.41) is 7.82. The Hall–Kier alpha value is -1.40. The van der Waals surface area contributed by atoms with Crippen LogP contribution in [0.2, 0.25) is 10.0 Å². The lowest BCUT2D eigenvalue weighted by Gasteiger charge is -2.25. The predicted octanol–water partition coefficient (Wildman–Crippen LogP) is 3.80. The number of nitrogens with zero attached hydrogens (tertiary/aromatic N) is 3. The molecule has 1 N–H and O–H groups in total. The SMILES string of the molecule is Cn1nc(OCCC(C)(C)c2c(Cl)c(=O)[nH]n2C)c(Cl)c1C(C)(C)C. The van der Waals surface area contributed by atoms with Gasteiger partial charge in [-0.3, -0.25) is 19.3 Å². The number of aromatic amines is 1. The Morgan fingerprint density at radius 2 is 1.68 bits per heavy atom. The van der Waals surface area contributed by atoms with Crippen molar-refractivity contribution in [3.8, 4) is 5.88 Å². The van der Waals surface area contributed by atoms with Crippen LogP contribution in [0.5, 0.6) is 5.88 Å². The molecule has 0 aliphatic heterocycles. The van der Waals surface area contributed by atoms with Gasteiger partial charge < -0.3 is 4.74 Å². The minimum absolute atomic E-state index is 0.128. The van der Waals surface area contributed by atoms with Gasteiger partial charge in [-0.15, -0.1) is 5.10 Å². The quantitative estimate of drug-likeness (QED) is 0.846. The molecule has 0 spiro atoms. The molecular weight excluding hydrogens is 363 g/mol. The lowest BCUT2D eigenvalue weighted by molar-refractivity contribution is 0.257. The summed E-state index contributed by atoms with van der Waals surface area (Å²) >= 11 is 12.6. The van der Waals surface area contributed by atoms with Gasteiger partial charge in [0.1, 0.15) is 10.0 Å². The summed E-state index contributed by atoms with van der Waals surface area (Å²) in [5.74, 6) is 0.430. The van der Waals surface area contributed by atoms with Gasteiger partial charge in [0.25, 0.3) is 11.4 Å². The Bertz CT molecular complexity index is 825. The smallest absolute Gasteiger partial charge is 0.283 e. The van der Waals surface area contributed by atoms with Gasteiger partial charge in [0, 0.05) is 24.9 Å². The largest absolute Gasteiger partial charge is 0.476 e. The van der Waals surface area contributed by atoms with Crippen LogP contribution in [0.4, 0.5) is 0 Å². The molecule has 0 atom stereocenters. The van der Waals surface area contributed by atoms with E-state index < -0.39 is 0 Å². The van der Waals surface area contributed by atoms with Crippen LogP contribution >= 0.6 is 23.2 Å². The second-order valence-electron chi connectivity index (χ2n) is 7.99. The van der Waals surface area contributed by atoms with Crippen LogP contribution < -0.4 is 10.3 Å². The van der Waals surface area contributed by atoms with Gasteiger partial charge >= 0.3 is 0 Å². The number of rotatable bonds is 5. The lowest BCUT2D eigenvalue weighted by Crippen LogP contribution is -2.24. The molecule has 0 bridgehead atoms. The fourth-order valence-corrected chi connectivity index (χ4v) is 4.09. The van der Waals surface area contributed by atoms with Crippen molar-refractivity contribution in [2.45, 2.75) is 51.9 Å². The summed E-state index contributed by atoms with van der Waals surface area (Å²) in [7, 11) is 3.63. The zero-order valence-electron chi connectivity index (χ0n) is 15.8. The van der Waals surface area contributed by atoms with Crippen LogP contribution in [0.3, 0.4) is 0 Å². The van der Waals surface area contributed by atoms with Gasteiger partial charge in [0.05, 0.1) is 18.0 Å². The van der Waals surface area contributed by atoms with E-state index in [1.165, 1.54) is 0 Å². The number of hydrogen-bond donors (Lipinski definition) is 1. The highest BCUT2D eigenvalue weighted by Gasteiger charge is 2.30. The molecule has 2 rings (SSSR count). The number of aryl methyl sites for hydroxylation is 2. The van der Waals surface area contributed by atoms with E-state index in [4.69, 9.17) is 27.9 Å². The van der Waals surface area contributed by atoms with E-state index in [-0.39, 0.29) is 21.4 Å². The Morgan fingerprint density at radius 1 is 1.08 bits per heavy atom. The summed E-state index contributed by atoms with van der Waals surface area (Å²) < 4.78 is 9.26. The van der Waals surface area contributed by atoms with Crippen molar-refractivity contribution in [2.24, 2.45) is 14.1 Å². The third-order valence-electron chi connectivity index (χ3n) is 4.29. The average molecular weight is 389 g/mol. The maximum absolute atomic E-state index is 11.7. The molecular formula is C17H26Cl2N4O2. The Morgan fingerprint density at radius 3 is 2.12 bits per heavy atom. The number of aromatic nitrogens is 4. The van der Waals surface area contributed by atoms with E-state index in [1.54, 1.807) is 16.4 Å². The van der Waals surface area contributed by atoms with E-state index in [2.05, 4.69) is 31.0 Å². The number of H-pyrrole nitrogens is 1. The van der Waals surface area contributed by atoms with E-state index in [1.807, 2.05) is 20.9 Å². The molecule has 0 saturated carbocycles. The number of hydrogen-bond acceptors (Lipinski definition) is 3. The first-order valence-electron chi connectivity index (χ1n) is 8.17. The number of halogens is 2. The van der Waals surface area contributed by atoms with Gasteiger partial charge in [0.15, 0.2) is 0 Å². The molecule has 0 fully saturated rings. The summed E-state index contributed by atoms with van der Waals surface area (Å²) in [6.07, 6.45) is 0.648. The van der Waals surface area contributed by atoms with Crippen molar-refractivity contribution in [1.29, 1.82) is 0 Å². The highest BCUT2D eigenvalue weighted by Crippen LogP contribution is 2.36. The first kappa shape index (κ1) is 19.9. The van der Waals surface area contributed by atoms with Crippen LogP contribution in [-0.2, 0) is 24.9 Å². The third kappa shape index (κ3) is 3.90. The van der Waals surface area contributed by atoms with Gasteiger partial charge in [0.2, 0.25) is 0 Å². The second-order valence-corrected chi connectivity index (χ2v) is 8.74. The maximum atomic E-state index is 11.7. The van der Waals surface area contributed by atoms with E-state index in [0.29, 0.717) is 23.9 Å².